The van der Waals surface area contributed by atoms with E-state index in [1.165, 1.54) is 13.2 Å². The van der Waals surface area contributed by atoms with Gasteiger partial charge in [-0.25, -0.2) is 4.39 Å². The molecule has 0 bridgehead atoms. The highest BCUT2D eigenvalue weighted by molar-refractivity contribution is 5.82. The van der Waals surface area contributed by atoms with Crippen molar-refractivity contribution in [2.24, 2.45) is 11.7 Å². The maximum Gasteiger partial charge on any atom is 0.255 e. The molecular formula is C20H21FN2O4. The second-order valence-electron chi connectivity index (χ2n) is 6.43. The second kappa shape index (κ2) is 8.07. The molecule has 0 spiro atoms. The predicted molar refractivity (Wildman–Crippen MR) is 96.8 cm³/mol. The molecule has 1 aliphatic carbocycles. The van der Waals surface area contributed by atoms with Crippen molar-refractivity contribution in [3.05, 3.63) is 59.4 Å². The molecule has 0 heterocycles. The largest absolute Gasteiger partial charge is 0.493 e. The van der Waals surface area contributed by atoms with E-state index < -0.39 is 5.91 Å². The number of hydrogen-bond donors (Lipinski definition) is 2. The van der Waals surface area contributed by atoms with Crippen LogP contribution in [-0.4, -0.2) is 25.5 Å². The molecule has 2 amide bonds. The van der Waals surface area contributed by atoms with Gasteiger partial charge in [0.05, 0.1) is 7.11 Å². The van der Waals surface area contributed by atoms with Crippen molar-refractivity contribution in [1.82, 2.24) is 5.32 Å². The van der Waals surface area contributed by atoms with Crippen molar-refractivity contribution in [3.8, 4) is 11.5 Å². The van der Waals surface area contributed by atoms with Crippen LogP contribution in [0.5, 0.6) is 11.5 Å². The quantitative estimate of drug-likeness (QED) is 0.743. The second-order valence-corrected chi connectivity index (χ2v) is 6.43. The fraction of sp³-hybridized carbons (Fsp3) is 0.300. The Labute approximate surface area is 156 Å². The molecule has 0 aliphatic heterocycles. The molecule has 0 aromatic heterocycles. The predicted octanol–water partition coefficient (Wildman–Crippen LogP) is 2.12. The van der Waals surface area contributed by atoms with E-state index in [4.69, 9.17) is 15.2 Å². The first-order chi connectivity index (χ1) is 13.0. The minimum atomic E-state index is -0.581. The number of primary amides is 1. The summed E-state index contributed by atoms with van der Waals surface area (Å²) in [6.07, 6.45) is 0.649. The number of halogens is 1. The molecule has 0 saturated heterocycles. The number of methoxy groups -OCH3 is 1. The van der Waals surface area contributed by atoms with Crippen LogP contribution in [0.1, 0.15) is 23.5 Å². The van der Waals surface area contributed by atoms with Gasteiger partial charge >= 0.3 is 0 Å². The van der Waals surface area contributed by atoms with Crippen LogP contribution < -0.4 is 20.5 Å². The van der Waals surface area contributed by atoms with E-state index in [-0.39, 0.29) is 30.2 Å². The number of nitrogens with one attached hydrogen (secondary N) is 1. The fourth-order valence-corrected chi connectivity index (χ4v) is 3.01. The van der Waals surface area contributed by atoms with Gasteiger partial charge in [0.2, 0.25) is 5.91 Å². The summed E-state index contributed by atoms with van der Waals surface area (Å²) in [6.45, 7) is 0.0668. The standard InChI is InChI=1S/C20H21FN2O4/c1-26-18-8-12(6-7-17(18)27-11-19(22)24)10-23-20(25)15-9-14(15)13-4-2-3-5-16(13)21/h2-8,14-15H,9-11H2,1H3,(H2,22,24)(H,23,25). The number of ether oxygens (including phenoxy) is 2. The van der Waals surface area contributed by atoms with Crippen LogP contribution in [0.3, 0.4) is 0 Å². The normalized spacial score (nSPS) is 17.9. The van der Waals surface area contributed by atoms with E-state index in [1.54, 1.807) is 36.4 Å². The first-order valence-corrected chi connectivity index (χ1v) is 8.59. The van der Waals surface area contributed by atoms with Gasteiger partial charge in [-0.1, -0.05) is 24.3 Å². The maximum absolute atomic E-state index is 13.8. The van der Waals surface area contributed by atoms with Gasteiger partial charge < -0.3 is 20.5 Å². The maximum atomic E-state index is 13.8. The molecule has 2 atom stereocenters. The van der Waals surface area contributed by atoms with Gasteiger partial charge in [-0.05, 0) is 41.7 Å². The molecule has 1 saturated carbocycles. The van der Waals surface area contributed by atoms with Crippen LogP contribution in [0, 0.1) is 11.7 Å². The molecular weight excluding hydrogens is 351 g/mol. The highest BCUT2D eigenvalue weighted by atomic mass is 19.1. The van der Waals surface area contributed by atoms with Crippen molar-refractivity contribution in [2.75, 3.05) is 13.7 Å². The summed E-state index contributed by atoms with van der Waals surface area (Å²) in [6, 6.07) is 11.7. The SMILES string of the molecule is COc1cc(CNC(=O)C2CC2c2ccccc2F)ccc1OCC(N)=O. The van der Waals surface area contributed by atoms with E-state index in [2.05, 4.69) is 5.32 Å². The molecule has 2 aromatic rings. The van der Waals surface area contributed by atoms with Crippen LogP contribution in [0.25, 0.3) is 0 Å². The van der Waals surface area contributed by atoms with Crippen LogP contribution in [0.15, 0.2) is 42.5 Å². The third-order valence-electron chi connectivity index (χ3n) is 4.50. The van der Waals surface area contributed by atoms with E-state index in [0.717, 1.165) is 5.56 Å². The average Bonchev–Trinajstić information content (AvgIpc) is 3.45. The number of carbonyl (C=O) groups is 2. The molecule has 27 heavy (non-hydrogen) atoms. The van der Waals surface area contributed by atoms with Crippen molar-refractivity contribution < 1.29 is 23.5 Å². The van der Waals surface area contributed by atoms with Crippen LogP contribution in [0.2, 0.25) is 0 Å². The number of amides is 2. The van der Waals surface area contributed by atoms with E-state index >= 15 is 0 Å². The van der Waals surface area contributed by atoms with E-state index in [9.17, 15) is 14.0 Å². The summed E-state index contributed by atoms with van der Waals surface area (Å²) in [5.41, 5.74) is 6.47. The minimum Gasteiger partial charge on any atom is -0.493 e. The Bertz CT molecular complexity index is 856. The number of nitrogens with two attached hydrogens (primary N) is 1. The Morgan fingerprint density at radius 3 is 2.70 bits per heavy atom. The highest BCUT2D eigenvalue weighted by Gasteiger charge is 2.44. The molecule has 1 fully saturated rings. The lowest BCUT2D eigenvalue weighted by Crippen LogP contribution is -2.25. The third-order valence-corrected chi connectivity index (χ3v) is 4.50. The topological polar surface area (TPSA) is 90.7 Å². The number of benzene rings is 2. The van der Waals surface area contributed by atoms with Crippen molar-refractivity contribution in [3.63, 3.8) is 0 Å². The monoisotopic (exact) mass is 372 g/mol. The lowest BCUT2D eigenvalue weighted by Gasteiger charge is -2.12. The number of hydrogen-bond acceptors (Lipinski definition) is 4. The highest BCUT2D eigenvalue weighted by Crippen LogP contribution is 2.48. The average molecular weight is 372 g/mol. The Kier molecular flexibility index (Phi) is 5.59. The summed E-state index contributed by atoms with van der Waals surface area (Å²) < 4.78 is 24.3. The van der Waals surface area contributed by atoms with E-state index in [1.807, 2.05) is 0 Å². The smallest absolute Gasteiger partial charge is 0.255 e. The summed E-state index contributed by atoms with van der Waals surface area (Å²) in [4.78, 5) is 23.2. The van der Waals surface area contributed by atoms with Crippen molar-refractivity contribution in [2.45, 2.75) is 18.9 Å². The van der Waals surface area contributed by atoms with Gasteiger partial charge in [-0.3, -0.25) is 9.59 Å². The zero-order valence-electron chi connectivity index (χ0n) is 14.9. The third kappa shape index (κ3) is 4.55. The molecule has 3 rings (SSSR count). The van der Waals surface area contributed by atoms with Gasteiger partial charge in [0.25, 0.3) is 5.91 Å². The Hall–Kier alpha value is -3.09. The lowest BCUT2D eigenvalue weighted by atomic mass is 10.1. The lowest BCUT2D eigenvalue weighted by molar-refractivity contribution is -0.122. The van der Waals surface area contributed by atoms with Crippen LogP contribution in [0.4, 0.5) is 4.39 Å². The fourth-order valence-electron chi connectivity index (χ4n) is 3.01. The van der Waals surface area contributed by atoms with Crippen molar-refractivity contribution >= 4 is 11.8 Å². The summed E-state index contributed by atoms with van der Waals surface area (Å²) in [5.74, 6) is -0.383. The molecule has 6 nitrogen and oxygen atoms in total. The van der Waals surface area contributed by atoms with Crippen LogP contribution >= 0.6 is 0 Å². The Morgan fingerprint density at radius 2 is 2.00 bits per heavy atom. The zero-order valence-corrected chi connectivity index (χ0v) is 14.9. The van der Waals surface area contributed by atoms with Gasteiger partial charge in [0.15, 0.2) is 18.1 Å². The van der Waals surface area contributed by atoms with E-state index in [0.29, 0.717) is 30.0 Å². The molecule has 2 unspecified atom stereocenters. The first-order valence-electron chi connectivity index (χ1n) is 8.59. The Morgan fingerprint density at radius 1 is 1.22 bits per heavy atom. The molecule has 0 radical (unpaired) electrons. The summed E-state index contributed by atoms with van der Waals surface area (Å²) in [5, 5.41) is 2.87. The number of carbonyl (C=O) groups excluding carboxylic acids is 2. The minimum absolute atomic E-state index is 0.0645. The molecule has 2 aromatic carbocycles. The van der Waals surface area contributed by atoms with Gasteiger partial charge in [-0.15, -0.1) is 0 Å². The van der Waals surface area contributed by atoms with Crippen molar-refractivity contribution in [1.29, 1.82) is 0 Å². The molecule has 3 N–H and O–H groups in total. The molecule has 1 aliphatic rings. The van der Waals surface area contributed by atoms with Gasteiger partial charge in [0, 0.05) is 12.5 Å². The summed E-state index contributed by atoms with van der Waals surface area (Å²) >= 11 is 0. The zero-order chi connectivity index (χ0) is 19.4. The molecule has 142 valence electrons. The number of rotatable bonds is 8. The summed E-state index contributed by atoms with van der Waals surface area (Å²) in [7, 11) is 1.48. The van der Waals surface area contributed by atoms with Gasteiger partial charge in [0.1, 0.15) is 5.82 Å². The first kappa shape index (κ1) is 18.7. The Balaban J connectivity index is 1.56. The van der Waals surface area contributed by atoms with Gasteiger partial charge in [-0.2, -0.15) is 0 Å². The van der Waals surface area contributed by atoms with Crippen LogP contribution in [-0.2, 0) is 16.1 Å². The molecule has 7 heteroatoms.